The highest BCUT2D eigenvalue weighted by Gasteiger charge is 2.22. The minimum absolute atomic E-state index is 0.00435. The minimum Gasteiger partial charge on any atom is -0.491 e. The number of guanidine groups is 1. The SMILES string of the molecule is NC(=NC1COc2ccccc21)NO. The number of hydroxylamine groups is 1. The first-order chi connectivity index (χ1) is 6.81. The molecule has 5 nitrogen and oxygen atoms in total. The predicted octanol–water partition coefficient (Wildman–Crippen LogP) is 0.414. The van der Waals surface area contributed by atoms with Crippen LogP contribution in [0.2, 0.25) is 0 Å². The Labute approximate surface area is 81.2 Å². The van der Waals surface area contributed by atoms with E-state index in [-0.39, 0.29) is 12.0 Å². The second-order valence-electron chi connectivity index (χ2n) is 2.99. The Balaban J connectivity index is 2.26. The van der Waals surface area contributed by atoms with Gasteiger partial charge in [0.15, 0.2) is 0 Å². The first-order valence-corrected chi connectivity index (χ1v) is 4.26. The fourth-order valence-corrected chi connectivity index (χ4v) is 1.45. The van der Waals surface area contributed by atoms with Gasteiger partial charge in [0.25, 0.3) is 0 Å². The maximum absolute atomic E-state index is 8.50. The highest BCUT2D eigenvalue weighted by molar-refractivity contribution is 5.77. The van der Waals surface area contributed by atoms with Gasteiger partial charge in [-0.1, -0.05) is 18.2 Å². The lowest BCUT2D eigenvalue weighted by Gasteiger charge is -2.03. The van der Waals surface area contributed by atoms with E-state index in [0.29, 0.717) is 6.61 Å². The number of hydrogen-bond donors (Lipinski definition) is 3. The van der Waals surface area contributed by atoms with Crippen LogP contribution in [0.15, 0.2) is 29.3 Å². The molecule has 0 amide bonds. The molecule has 0 saturated carbocycles. The van der Waals surface area contributed by atoms with Gasteiger partial charge in [-0.3, -0.25) is 5.21 Å². The smallest absolute Gasteiger partial charge is 0.213 e. The average molecular weight is 193 g/mol. The highest BCUT2D eigenvalue weighted by Crippen LogP contribution is 2.33. The summed E-state index contributed by atoms with van der Waals surface area (Å²) in [6.45, 7) is 0.460. The summed E-state index contributed by atoms with van der Waals surface area (Å²) in [5.41, 5.74) is 8.13. The van der Waals surface area contributed by atoms with Gasteiger partial charge >= 0.3 is 0 Å². The zero-order chi connectivity index (χ0) is 9.97. The second-order valence-corrected chi connectivity index (χ2v) is 2.99. The molecule has 1 unspecified atom stereocenters. The van der Waals surface area contributed by atoms with Crippen molar-refractivity contribution in [2.24, 2.45) is 10.7 Å². The van der Waals surface area contributed by atoms with E-state index in [4.69, 9.17) is 15.7 Å². The van der Waals surface area contributed by atoms with Gasteiger partial charge in [-0.25, -0.2) is 10.5 Å². The normalized spacial score (nSPS) is 20.1. The molecule has 4 N–H and O–H groups in total. The van der Waals surface area contributed by atoms with E-state index in [2.05, 4.69) is 4.99 Å². The molecule has 1 aromatic rings. The van der Waals surface area contributed by atoms with Crippen LogP contribution < -0.4 is 16.0 Å². The van der Waals surface area contributed by atoms with E-state index in [1.807, 2.05) is 24.3 Å². The Morgan fingerprint density at radius 2 is 2.36 bits per heavy atom. The van der Waals surface area contributed by atoms with Crippen molar-refractivity contribution in [1.29, 1.82) is 0 Å². The van der Waals surface area contributed by atoms with E-state index in [1.54, 1.807) is 5.48 Å². The molecular weight excluding hydrogens is 182 g/mol. The van der Waals surface area contributed by atoms with Gasteiger partial charge in [0.1, 0.15) is 18.4 Å². The van der Waals surface area contributed by atoms with Crippen molar-refractivity contribution in [2.45, 2.75) is 6.04 Å². The zero-order valence-electron chi connectivity index (χ0n) is 7.47. The van der Waals surface area contributed by atoms with E-state index in [9.17, 15) is 0 Å². The number of aliphatic imine (C=N–C) groups is 1. The molecule has 0 spiro atoms. The van der Waals surface area contributed by atoms with Crippen molar-refractivity contribution in [1.82, 2.24) is 5.48 Å². The summed E-state index contributed by atoms with van der Waals surface area (Å²) in [4.78, 5) is 4.04. The summed E-state index contributed by atoms with van der Waals surface area (Å²) >= 11 is 0. The number of benzene rings is 1. The molecule has 0 aromatic heterocycles. The third-order valence-corrected chi connectivity index (χ3v) is 2.08. The zero-order valence-corrected chi connectivity index (χ0v) is 7.47. The molecule has 2 rings (SSSR count). The topological polar surface area (TPSA) is 79.9 Å². The standard InChI is InChI=1S/C9H11N3O2/c10-9(12-13)11-7-5-14-8-4-2-1-3-6(7)8/h1-4,7,13H,5H2,(H3,10,11,12). The van der Waals surface area contributed by atoms with Crippen molar-refractivity contribution < 1.29 is 9.94 Å². The summed E-state index contributed by atoms with van der Waals surface area (Å²) in [6.07, 6.45) is 0. The van der Waals surface area contributed by atoms with Gasteiger partial charge in [-0.05, 0) is 6.07 Å². The molecule has 1 aliphatic rings. The van der Waals surface area contributed by atoms with Crippen molar-refractivity contribution in [3.8, 4) is 5.75 Å². The summed E-state index contributed by atoms with van der Waals surface area (Å²) in [5.74, 6) is 0.822. The summed E-state index contributed by atoms with van der Waals surface area (Å²) in [7, 11) is 0. The van der Waals surface area contributed by atoms with Gasteiger partial charge in [0.05, 0.1) is 0 Å². The van der Waals surface area contributed by atoms with Crippen LogP contribution in [0.3, 0.4) is 0 Å². The molecule has 1 heterocycles. The van der Waals surface area contributed by atoms with Gasteiger partial charge in [-0.2, -0.15) is 0 Å². The summed E-state index contributed by atoms with van der Waals surface area (Å²) in [6, 6.07) is 7.50. The first kappa shape index (κ1) is 8.83. The maximum atomic E-state index is 8.50. The van der Waals surface area contributed by atoms with E-state index in [0.717, 1.165) is 11.3 Å². The van der Waals surface area contributed by atoms with Crippen LogP contribution in [-0.2, 0) is 0 Å². The Hall–Kier alpha value is -1.75. The largest absolute Gasteiger partial charge is 0.491 e. The molecule has 0 bridgehead atoms. The molecule has 1 aromatic carbocycles. The van der Waals surface area contributed by atoms with Crippen LogP contribution in [0.4, 0.5) is 0 Å². The molecule has 0 radical (unpaired) electrons. The van der Waals surface area contributed by atoms with E-state index in [1.165, 1.54) is 0 Å². The molecule has 5 heteroatoms. The Morgan fingerprint density at radius 1 is 1.57 bits per heavy atom. The summed E-state index contributed by atoms with van der Waals surface area (Å²) < 4.78 is 5.38. The Morgan fingerprint density at radius 3 is 3.14 bits per heavy atom. The van der Waals surface area contributed by atoms with Crippen molar-refractivity contribution in [2.75, 3.05) is 6.61 Å². The summed E-state index contributed by atoms with van der Waals surface area (Å²) in [5, 5.41) is 8.50. The van der Waals surface area contributed by atoms with Crippen LogP contribution in [0.5, 0.6) is 5.75 Å². The van der Waals surface area contributed by atoms with Gasteiger partial charge in [-0.15, -0.1) is 0 Å². The molecule has 1 aliphatic heterocycles. The van der Waals surface area contributed by atoms with Crippen LogP contribution >= 0.6 is 0 Å². The number of ether oxygens (including phenoxy) is 1. The Kier molecular flexibility index (Phi) is 2.24. The number of nitrogens with zero attached hydrogens (tertiary/aromatic N) is 1. The van der Waals surface area contributed by atoms with E-state index < -0.39 is 0 Å². The minimum atomic E-state index is -0.133. The Bertz CT molecular complexity index is 365. The monoisotopic (exact) mass is 193 g/mol. The second kappa shape index (κ2) is 3.55. The molecule has 1 atom stereocenters. The number of para-hydroxylation sites is 1. The average Bonchev–Trinajstić information content (AvgIpc) is 2.62. The fourth-order valence-electron chi connectivity index (χ4n) is 1.45. The quantitative estimate of drug-likeness (QED) is 0.343. The van der Waals surface area contributed by atoms with E-state index >= 15 is 0 Å². The lowest BCUT2D eigenvalue weighted by Crippen LogP contribution is -2.29. The van der Waals surface area contributed by atoms with Crippen LogP contribution in [0.1, 0.15) is 11.6 Å². The number of hydrogen-bond acceptors (Lipinski definition) is 3. The molecular formula is C9H11N3O2. The third-order valence-electron chi connectivity index (χ3n) is 2.08. The lowest BCUT2D eigenvalue weighted by atomic mass is 10.1. The number of fused-ring (bicyclic) bond motifs is 1. The van der Waals surface area contributed by atoms with Gasteiger partial charge < -0.3 is 10.5 Å². The molecule has 0 aliphatic carbocycles. The molecule has 14 heavy (non-hydrogen) atoms. The van der Waals surface area contributed by atoms with Gasteiger partial charge in [0, 0.05) is 5.56 Å². The maximum Gasteiger partial charge on any atom is 0.213 e. The van der Waals surface area contributed by atoms with Gasteiger partial charge in [0.2, 0.25) is 5.96 Å². The molecule has 0 saturated heterocycles. The lowest BCUT2D eigenvalue weighted by molar-refractivity contribution is 0.231. The van der Waals surface area contributed by atoms with Crippen LogP contribution in [-0.4, -0.2) is 17.8 Å². The van der Waals surface area contributed by atoms with Crippen LogP contribution in [0.25, 0.3) is 0 Å². The number of rotatable bonds is 1. The predicted molar refractivity (Wildman–Crippen MR) is 51.2 cm³/mol. The van der Waals surface area contributed by atoms with Crippen molar-refractivity contribution in [3.05, 3.63) is 29.8 Å². The van der Waals surface area contributed by atoms with Crippen molar-refractivity contribution >= 4 is 5.96 Å². The first-order valence-electron chi connectivity index (χ1n) is 4.26. The molecule has 74 valence electrons. The third kappa shape index (κ3) is 1.49. The van der Waals surface area contributed by atoms with Crippen molar-refractivity contribution in [3.63, 3.8) is 0 Å². The highest BCUT2D eigenvalue weighted by atomic mass is 16.5. The number of nitrogens with two attached hydrogens (primary N) is 1. The molecule has 0 fully saturated rings. The number of nitrogens with one attached hydrogen (secondary N) is 1. The van der Waals surface area contributed by atoms with Crippen LogP contribution in [0, 0.1) is 0 Å². The fraction of sp³-hybridized carbons (Fsp3) is 0.222.